The predicted molar refractivity (Wildman–Crippen MR) is 84.4 cm³/mol. The molecule has 3 rings (SSSR count). The Balaban J connectivity index is 1.69. The minimum Gasteiger partial charge on any atom is -0.377 e. The van der Waals surface area contributed by atoms with E-state index in [1.165, 1.54) is 17.1 Å². The Morgan fingerprint density at radius 1 is 1.29 bits per heavy atom. The molecule has 112 valence electrons. The van der Waals surface area contributed by atoms with Crippen molar-refractivity contribution in [2.45, 2.75) is 32.0 Å². The van der Waals surface area contributed by atoms with Crippen LogP contribution in [0.4, 0.5) is 0 Å². The summed E-state index contributed by atoms with van der Waals surface area (Å²) in [6.45, 7) is 3.37. The lowest BCUT2D eigenvalue weighted by atomic mass is 10.2. The first kappa shape index (κ1) is 14.9. The smallest absolute Gasteiger partial charge is 0.138 e. The molecule has 0 radical (unpaired) electrons. The van der Waals surface area contributed by atoms with Gasteiger partial charge in [0.05, 0.1) is 6.10 Å². The molecule has 1 aromatic heterocycles. The van der Waals surface area contributed by atoms with Crippen molar-refractivity contribution < 1.29 is 4.74 Å². The van der Waals surface area contributed by atoms with Crippen molar-refractivity contribution in [2.24, 2.45) is 0 Å². The van der Waals surface area contributed by atoms with Gasteiger partial charge in [-0.05, 0) is 18.4 Å². The van der Waals surface area contributed by atoms with Crippen LogP contribution in [0.5, 0.6) is 0 Å². The quantitative estimate of drug-likeness (QED) is 0.817. The summed E-state index contributed by atoms with van der Waals surface area (Å²) < 4.78 is 10.4. The number of rotatable bonds is 6. The van der Waals surface area contributed by atoms with Gasteiger partial charge < -0.3 is 4.74 Å². The van der Waals surface area contributed by atoms with E-state index in [2.05, 4.69) is 38.8 Å². The van der Waals surface area contributed by atoms with E-state index in [1.54, 1.807) is 0 Å². The SMILES string of the molecule is Clc1snnc1CN(Cc1ccccc1)CC1CCCO1. The Bertz CT molecular complexity index is 557. The lowest BCUT2D eigenvalue weighted by Crippen LogP contribution is -2.31. The fraction of sp³-hybridized carbons (Fsp3) is 0.467. The fourth-order valence-electron chi connectivity index (χ4n) is 2.61. The Hall–Kier alpha value is -1.01. The zero-order valence-corrected chi connectivity index (χ0v) is 13.3. The average Bonchev–Trinajstić information content (AvgIpc) is 3.13. The second kappa shape index (κ2) is 7.31. The third kappa shape index (κ3) is 4.23. The monoisotopic (exact) mass is 323 g/mol. The molecule has 1 unspecified atom stereocenters. The normalized spacial score (nSPS) is 18.5. The van der Waals surface area contributed by atoms with E-state index in [4.69, 9.17) is 16.3 Å². The molecule has 2 heterocycles. The summed E-state index contributed by atoms with van der Waals surface area (Å²) in [6.07, 6.45) is 2.61. The summed E-state index contributed by atoms with van der Waals surface area (Å²) in [5.41, 5.74) is 2.14. The van der Waals surface area contributed by atoms with Crippen molar-refractivity contribution in [3.63, 3.8) is 0 Å². The predicted octanol–water partition coefficient (Wildman–Crippen LogP) is 3.37. The first-order chi connectivity index (χ1) is 10.3. The third-order valence-corrected chi connectivity index (χ3v) is 4.60. The summed E-state index contributed by atoms with van der Waals surface area (Å²) in [7, 11) is 0. The molecule has 0 amide bonds. The molecule has 1 aliphatic rings. The highest BCUT2D eigenvalue weighted by atomic mass is 35.5. The minimum absolute atomic E-state index is 0.319. The van der Waals surface area contributed by atoms with Crippen LogP contribution in [0.15, 0.2) is 30.3 Å². The van der Waals surface area contributed by atoms with E-state index < -0.39 is 0 Å². The molecule has 1 aliphatic heterocycles. The topological polar surface area (TPSA) is 38.2 Å². The minimum atomic E-state index is 0.319. The molecule has 1 aromatic carbocycles. The van der Waals surface area contributed by atoms with Gasteiger partial charge in [-0.15, -0.1) is 5.10 Å². The number of halogens is 1. The molecule has 6 heteroatoms. The lowest BCUT2D eigenvalue weighted by molar-refractivity contribution is 0.0675. The largest absolute Gasteiger partial charge is 0.377 e. The fourth-order valence-corrected chi connectivity index (χ4v) is 3.22. The molecule has 0 aliphatic carbocycles. The first-order valence-electron chi connectivity index (χ1n) is 7.16. The van der Waals surface area contributed by atoms with Crippen LogP contribution in [0.1, 0.15) is 24.1 Å². The van der Waals surface area contributed by atoms with Crippen LogP contribution < -0.4 is 0 Å². The van der Waals surface area contributed by atoms with Crippen LogP contribution >= 0.6 is 23.1 Å². The summed E-state index contributed by atoms with van der Waals surface area (Å²) >= 11 is 7.38. The Kier molecular flexibility index (Phi) is 5.19. The summed E-state index contributed by atoms with van der Waals surface area (Å²) in [5, 5.41) is 4.13. The van der Waals surface area contributed by atoms with Gasteiger partial charge >= 0.3 is 0 Å². The van der Waals surface area contributed by atoms with Crippen molar-refractivity contribution in [2.75, 3.05) is 13.2 Å². The number of aromatic nitrogens is 2. The van der Waals surface area contributed by atoms with Crippen molar-refractivity contribution in [1.29, 1.82) is 0 Å². The molecule has 2 aromatic rings. The number of hydrogen-bond acceptors (Lipinski definition) is 5. The molecular formula is C15H18ClN3OS. The molecule has 0 bridgehead atoms. The van der Waals surface area contributed by atoms with Gasteiger partial charge in [-0.2, -0.15) is 0 Å². The zero-order valence-electron chi connectivity index (χ0n) is 11.7. The van der Waals surface area contributed by atoms with Gasteiger partial charge in [-0.25, -0.2) is 0 Å². The number of benzene rings is 1. The molecule has 1 atom stereocenters. The molecule has 1 saturated heterocycles. The van der Waals surface area contributed by atoms with Crippen LogP contribution in [-0.4, -0.2) is 33.7 Å². The van der Waals surface area contributed by atoms with Gasteiger partial charge in [0, 0.05) is 37.8 Å². The van der Waals surface area contributed by atoms with E-state index >= 15 is 0 Å². The maximum absolute atomic E-state index is 6.14. The molecule has 0 spiro atoms. The molecule has 4 nitrogen and oxygen atoms in total. The second-order valence-corrected chi connectivity index (χ2v) is 6.64. The Morgan fingerprint density at radius 2 is 2.14 bits per heavy atom. The summed E-state index contributed by atoms with van der Waals surface area (Å²) in [4.78, 5) is 2.34. The highest BCUT2D eigenvalue weighted by Crippen LogP contribution is 2.21. The maximum atomic E-state index is 6.14. The van der Waals surface area contributed by atoms with Gasteiger partial charge in [-0.3, -0.25) is 4.90 Å². The van der Waals surface area contributed by atoms with Crippen LogP contribution in [0.2, 0.25) is 4.34 Å². The molecule has 0 N–H and O–H groups in total. The molecular weight excluding hydrogens is 306 g/mol. The van der Waals surface area contributed by atoms with Crippen LogP contribution in [0.25, 0.3) is 0 Å². The molecule has 1 fully saturated rings. The maximum Gasteiger partial charge on any atom is 0.138 e. The van der Waals surface area contributed by atoms with Crippen molar-refractivity contribution in [3.05, 3.63) is 45.9 Å². The van der Waals surface area contributed by atoms with Crippen molar-refractivity contribution >= 4 is 23.1 Å². The van der Waals surface area contributed by atoms with Crippen LogP contribution in [0, 0.1) is 0 Å². The Labute approximate surface area is 133 Å². The highest BCUT2D eigenvalue weighted by molar-refractivity contribution is 7.10. The van der Waals surface area contributed by atoms with E-state index in [0.29, 0.717) is 17.0 Å². The first-order valence-corrected chi connectivity index (χ1v) is 8.31. The molecule has 0 saturated carbocycles. The zero-order chi connectivity index (χ0) is 14.5. The van der Waals surface area contributed by atoms with E-state index in [1.807, 2.05) is 6.07 Å². The van der Waals surface area contributed by atoms with Crippen molar-refractivity contribution in [1.82, 2.24) is 14.5 Å². The van der Waals surface area contributed by atoms with E-state index in [9.17, 15) is 0 Å². The van der Waals surface area contributed by atoms with E-state index in [-0.39, 0.29) is 0 Å². The van der Waals surface area contributed by atoms with Crippen LogP contribution in [-0.2, 0) is 17.8 Å². The average molecular weight is 324 g/mol. The number of nitrogens with zero attached hydrogens (tertiary/aromatic N) is 3. The Morgan fingerprint density at radius 3 is 2.81 bits per heavy atom. The summed E-state index contributed by atoms with van der Waals surface area (Å²) in [5.74, 6) is 0. The van der Waals surface area contributed by atoms with Gasteiger partial charge in [0.2, 0.25) is 0 Å². The standard InChI is InChI=1S/C15H18ClN3OS/c16-15-14(17-18-21-15)11-19(10-13-7-4-8-20-13)9-12-5-2-1-3-6-12/h1-3,5-6,13H,4,7-11H2. The van der Waals surface area contributed by atoms with E-state index in [0.717, 1.165) is 38.2 Å². The second-order valence-electron chi connectivity index (χ2n) is 5.28. The lowest BCUT2D eigenvalue weighted by Gasteiger charge is -2.24. The van der Waals surface area contributed by atoms with Gasteiger partial charge in [-0.1, -0.05) is 46.4 Å². The van der Waals surface area contributed by atoms with Crippen molar-refractivity contribution in [3.8, 4) is 0 Å². The van der Waals surface area contributed by atoms with Gasteiger partial charge in [0.15, 0.2) is 0 Å². The third-order valence-electron chi connectivity index (χ3n) is 3.62. The highest BCUT2D eigenvalue weighted by Gasteiger charge is 2.21. The summed E-state index contributed by atoms with van der Waals surface area (Å²) in [6, 6.07) is 10.5. The van der Waals surface area contributed by atoms with Gasteiger partial charge in [0.25, 0.3) is 0 Å². The number of ether oxygens (including phenoxy) is 1. The van der Waals surface area contributed by atoms with Crippen LogP contribution in [0.3, 0.4) is 0 Å². The molecule has 21 heavy (non-hydrogen) atoms. The number of hydrogen-bond donors (Lipinski definition) is 0. The van der Waals surface area contributed by atoms with Gasteiger partial charge in [0.1, 0.15) is 10.0 Å².